The van der Waals surface area contributed by atoms with Gasteiger partial charge in [-0.15, -0.1) is 0 Å². The van der Waals surface area contributed by atoms with Gasteiger partial charge in [-0.2, -0.15) is 4.31 Å². The molecule has 29 heavy (non-hydrogen) atoms. The SMILES string of the molecule is CC1CC(C)CN(C(=O)c2cc3cc(S(=O)(=O)N4CCCCCC4)ccc3o2)C1. The lowest BCUT2D eigenvalue weighted by atomic mass is 9.92. The van der Waals surface area contributed by atoms with Crippen LogP contribution in [0.1, 0.15) is 56.5 Å². The van der Waals surface area contributed by atoms with Crippen molar-refractivity contribution in [2.24, 2.45) is 11.8 Å². The molecule has 1 aromatic carbocycles. The lowest BCUT2D eigenvalue weighted by molar-refractivity contribution is 0.0594. The number of benzene rings is 1. The minimum Gasteiger partial charge on any atom is -0.451 e. The Morgan fingerprint density at radius 3 is 2.31 bits per heavy atom. The highest BCUT2D eigenvalue weighted by Crippen LogP contribution is 2.28. The van der Waals surface area contributed by atoms with Gasteiger partial charge in [0.15, 0.2) is 5.76 Å². The summed E-state index contributed by atoms with van der Waals surface area (Å²) in [7, 11) is -3.53. The molecule has 0 N–H and O–H groups in total. The molecule has 2 unspecified atom stereocenters. The standard InChI is InChI=1S/C22H30N2O4S/c1-16-11-17(2)15-23(14-16)22(25)21-13-18-12-19(7-8-20(18)28-21)29(26,27)24-9-5-3-4-6-10-24/h7-8,12-13,16-17H,3-6,9-11,14-15H2,1-2H3. The summed E-state index contributed by atoms with van der Waals surface area (Å²) in [5, 5.41) is 0.655. The van der Waals surface area contributed by atoms with Crippen molar-refractivity contribution in [2.75, 3.05) is 26.2 Å². The van der Waals surface area contributed by atoms with Crippen LogP contribution in [0.5, 0.6) is 0 Å². The fourth-order valence-corrected chi connectivity index (χ4v) is 6.26. The average Bonchev–Trinajstić information content (AvgIpc) is 2.90. The van der Waals surface area contributed by atoms with E-state index in [0.29, 0.717) is 35.9 Å². The molecule has 3 heterocycles. The summed E-state index contributed by atoms with van der Waals surface area (Å²) in [4.78, 5) is 15.1. The van der Waals surface area contributed by atoms with Gasteiger partial charge < -0.3 is 9.32 Å². The van der Waals surface area contributed by atoms with Crippen LogP contribution in [0.2, 0.25) is 0 Å². The molecule has 0 aliphatic carbocycles. The van der Waals surface area contributed by atoms with Crippen LogP contribution in [0.3, 0.4) is 0 Å². The molecule has 0 saturated carbocycles. The number of nitrogens with zero attached hydrogens (tertiary/aromatic N) is 2. The maximum absolute atomic E-state index is 13.1. The van der Waals surface area contributed by atoms with Crippen LogP contribution in [0.25, 0.3) is 11.0 Å². The van der Waals surface area contributed by atoms with Gasteiger partial charge in [0.25, 0.3) is 5.91 Å². The van der Waals surface area contributed by atoms with E-state index in [2.05, 4.69) is 13.8 Å². The molecular formula is C22H30N2O4S. The number of piperidine rings is 1. The molecule has 4 rings (SSSR count). The van der Waals surface area contributed by atoms with Crippen molar-refractivity contribution in [3.63, 3.8) is 0 Å². The van der Waals surface area contributed by atoms with Crippen LogP contribution in [-0.4, -0.2) is 49.7 Å². The van der Waals surface area contributed by atoms with Crippen LogP contribution in [-0.2, 0) is 10.0 Å². The number of rotatable bonds is 3. The highest BCUT2D eigenvalue weighted by Gasteiger charge is 2.29. The first-order valence-corrected chi connectivity index (χ1v) is 12.1. The smallest absolute Gasteiger partial charge is 0.289 e. The zero-order valence-electron chi connectivity index (χ0n) is 17.3. The predicted molar refractivity (Wildman–Crippen MR) is 112 cm³/mol. The van der Waals surface area contributed by atoms with Gasteiger partial charge >= 0.3 is 0 Å². The summed E-state index contributed by atoms with van der Waals surface area (Å²) < 4.78 is 33.5. The van der Waals surface area contributed by atoms with Crippen molar-refractivity contribution in [3.8, 4) is 0 Å². The van der Waals surface area contributed by atoms with Gasteiger partial charge in [0, 0.05) is 31.6 Å². The number of fused-ring (bicyclic) bond motifs is 1. The van der Waals surface area contributed by atoms with E-state index in [1.165, 1.54) is 0 Å². The predicted octanol–water partition coefficient (Wildman–Crippen LogP) is 4.12. The average molecular weight is 419 g/mol. The number of sulfonamides is 1. The number of carbonyl (C=O) groups is 1. The lowest BCUT2D eigenvalue weighted by Gasteiger charge is -2.34. The van der Waals surface area contributed by atoms with Gasteiger partial charge in [0.1, 0.15) is 5.58 Å². The Labute approximate surface area is 172 Å². The molecule has 0 spiro atoms. The number of furan rings is 1. The fourth-order valence-electron chi connectivity index (χ4n) is 4.70. The maximum atomic E-state index is 13.1. The number of hydrogen-bond acceptors (Lipinski definition) is 4. The number of likely N-dealkylation sites (tertiary alicyclic amines) is 1. The highest BCUT2D eigenvalue weighted by molar-refractivity contribution is 7.89. The molecular weight excluding hydrogens is 388 g/mol. The lowest BCUT2D eigenvalue weighted by Crippen LogP contribution is -2.42. The Hall–Kier alpha value is -1.86. The first kappa shape index (κ1) is 20.4. The van der Waals surface area contributed by atoms with Gasteiger partial charge in [-0.05, 0) is 55.4 Å². The van der Waals surface area contributed by atoms with E-state index in [1.54, 1.807) is 28.6 Å². The Kier molecular flexibility index (Phi) is 5.71. The normalized spacial score (nSPS) is 24.6. The van der Waals surface area contributed by atoms with Gasteiger partial charge in [-0.1, -0.05) is 26.7 Å². The highest BCUT2D eigenvalue weighted by atomic mass is 32.2. The van der Waals surface area contributed by atoms with Gasteiger partial charge in [-0.25, -0.2) is 8.42 Å². The van der Waals surface area contributed by atoms with Crippen LogP contribution in [0.15, 0.2) is 33.6 Å². The van der Waals surface area contributed by atoms with Crippen molar-refractivity contribution >= 4 is 26.9 Å². The van der Waals surface area contributed by atoms with E-state index in [1.807, 2.05) is 4.90 Å². The molecule has 2 atom stereocenters. The molecule has 0 radical (unpaired) electrons. The third kappa shape index (κ3) is 4.21. The van der Waals surface area contributed by atoms with Crippen molar-refractivity contribution in [1.82, 2.24) is 9.21 Å². The van der Waals surface area contributed by atoms with E-state index in [0.717, 1.165) is 45.2 Å². The van der Waals surface area contributed by atoms with Crippen LogP contribution in [0.4, 0.5) is 0 Å². The summed E-state index contributed by atoms with van der Waals surface area (Å²) >= 11 is 0. The van der Waals surface area contributed by atoms with Crippen molar-refractivity contribution in [2.45, 2.75) is 50.8 Å². The third-order valence-corrected chi connectivity index (χ3v) is 7.95. The van der Waals surface area contributed by atoms with E-state index >= 15 is 0 Å². The topological polar surface area (TPSA) is 70.8 Å². The van der Waals surface area contributed by atoms with Gasteiger partial charge in [0.2, 0.25) is 10.0 Å². The Bertz CT molecular complexity index is 979. The Balaban J connectivity index is 1.60. The summed E-state index contributed by atoms with van der Waals surface area (Å²) in [5.74, 6) is 1.11. The van der Waals surface area contributed by atoms with E-state index in [9.17, 15) is 13.2 Å². The van der Waals surface area contributed by atoms with E-state index < -0.39 is 10.0 Å². The molecule has 2 saturated heterocycles. The van der Waals surface area contributed by atoms with Gasteiger partial charge in [-0.3, -0.25) is 4.79 Å². The monoisotopic (exact) mass is 418 g/mol. The fraction of sp³-hybridized carbons (Fsp3) is 0.591. The van der Waals surface area contributed by atoms with Crippen molar-refractivity contribution in [3.05, 3.63) is 30.0 Å². The molecule has 2 fully saturated rings. The second kappa shape index (κ2) is 8.11. The minimum atomic E-state index is -3.53. The molecule has 0 bridgehead atoms. The Morgan fingerprint density at radius 2 is 1.66 bits per heavy atom. The van der Waals surface area contributed by atoms with Crippen LogP contribution < -0.4 is 0 Å². The molecule has 7 heteroatoms. The summed E-state index contributed by atoms with van der Waals surface area (Å²) in [6.07, 6.45) is 5.08. The maximum Gasteiger partial charge on any atom is 0.289 e. The molecule has 1 aromatic heterocycles. The largest absolute Gasteiger partial charge is 0.451 e. The van der Waals surface area contributed by atoms with Crippen molar-refractivity contribution < 1.29 is 17.6 Å². The third-order valence-electron chi connectivity index (χ3n) is 6.06. The zero-order valence-corrected chi connectivity index (χ0v) is 18.1. The molecule has 2 aliphatic rings. The molecule has 2 aromatic rings. The molecule has 6 nitrogen and oxygen atoms in total. The molecule has 158 valence electrons. The minimum absolute atomic E-state index is 0.114. The van der Waals surface area contributed by atoms with E-state index in [-0.39, 0.29) is 16.6 Å². The number of hydrogen-bond donors (Lipinski definition) is 0. The first-order chi connectivity index (χ1) is 13.8. The molecule has 1 amide bonds. The number of amides is 1. The molecule has 2 aliphatic heterocycles. The second-order valence-corrected chi connectivity index (χ2v) is 10.7. The van der Waals surface area contributed by atoms with Crippen LogP contribution in [0, 0.1) is 11.8 Å². The van der Waals surface area contributed by atoms with Crippen LogP contribution >= 0.6 is 0 Å². The summed E-state index contributed by atoms with van der Waals surface area (Å²) in [6, 6.07) is 6.57. The zero-order chi connectivity index (χ0) is 20.6. The van der Waals surface area contributed by atoms with E-state index in [4.69, 9.17) is 4.42 Å². The van der Waals surface area contributed by atoms with Crippen molar-refractivity contribution in [1.29, 1.82) is 0 Å². The summed E-state index contributed by atoms with van der Waals surface area (Å²) in [5.41, 5.74) is 0.543. The Morgan fingerprint density at radius 1 is 1.00 bits per heavy atom. The first-order valence-electron chi connectivity index (χ1n) is 10.7. The number of carbonyl (C=O) groups excluding carboxylic acids is 1. The summed E-state index contributed by atoms with van der Waals surface area (Å²) in [6.45, 7) is 6.92. The van der Waals surface area contributed by atoms with Gasteiger partial charge in [0.05, 0.1) is 4.90 Å². The quantitative estimate of drug-likeness (QED) is 0.752. The second-order valence-electron chi connectivity index (χ2n) is 8.78.